The van der Waals surface area contributed by atoms with Crippen LogP contribution in [-0.2, 0) is 9.59 Å². The molecule has 62 valence electrons. The summed E-state index contributed by atoms with van der Waals surface area (Å²) in [5.41, 5.74) is 0. The molecule has 1 N–H and O–H groups in total. The van der Waals surface area contributed by atoms with Crippen LogP contribution < -0.4 is 0 Å². The summed E-state index contributed by atoms with van der Waals surface area (Å²) in [5.74, 6) is -2.03. The number of allylic oxidation sites excluding steroid dienone is 2. The lowest BCUT2D eigenvalue weighted by atomic mass is 10.2. The molecule has 0 unspecified atom stereocenters. The average Bonchev–Trinajstić information content (AvgIpc) is 1.97. The first-order valence-electron chi connectivity index (χ1n) is 3.55. The molecule has 0 aromatic carbocycles. The number of hydrogen-bond acceptors (Lipinski definition) is 2. The average molecular weight is 156 g/mol. The van der Waals surface area contributed by atoms with Crippen LogP contribution in [-0.4, -0.2) is 16.9 Å². The molecule has 0 rings (SSSR count). The molecule has 0 saturated carbocycles. The van der Waals surface area contributed by atoms with Crippen molar-refractivity contribution in [1.82, 2.24) is 0 Å². The molecule has 0 spiro atoms. The van der Waals surface area contributed by atoms with E-state index in [2.05, 4.69) is 0 Å². The van der Waals surface area contributed by atoms with E-state index in [1.807, 2.05) is 19.1 Å². The van der Waals surface area contributed by atoms with E-state index in [0.29, 0.717) is 6.42 Å². The number of carbonyl (C=O) groups is 2. The minimum atomic E-state index is -1.33. The minimum Gasteiger partial charge on any atom is -0.476 e. The van der Waals surface area contributed by atoms with Crippen molar-refractivity contribution in [3.05, 3.63) is 12.2 Å². The first kappa shape index (κ1) is 9.88. The summed E-state index contributed by atoms with van der Waals surface area (Å²) < 4.78 is 0. The van der Waals surface area contributed by atoms with Crippen molar-refractivity contribution in [3.63, 3.8) is 0 Å². The van der Waals surface area contributed by atoms with Crippen LogP contribution in [0.25, 0.3) is 0 Å². The molecule has 0 bridgehead atoms. The van der Waals surface area contributed by atoms with E-state index in [0.717, 1.165) is 6.42 Å². The molecule has 0 aromatic rings. The fraction of sp³-hybridized carbons (Fsp3) is 0.500. The van der Waals surface area contributed by atoms with E-state index >= 15 is 0 Å². The Balaban J connectivity index is 3.39. The standard InChI is InChI=1S/C8H12O3/c1-2-3-4-5-6-7(9)8(10)11/h2-3H,4-6H2,1H3,(H,10,11). The maximum atomic E-state index is 10.5. The van der Waals surface area contributed by atoms with Gasteiger partial charge in [0.25, 0.3) is 0 Å². The second-order valence-electron chi connectivity index (χ2n) is 2.19. The third-order valence-corrected chi connectivity index (χ3v) is 1.25. The second-order valence-corrected chi connectivity index (χ2v) is 2.19. The minimum absolute atomic E-state index is 0.139. The molecule has 0 saturated heterocycles. The highest BCUT2D eigenvalue weighted by molar-refractivity contribution is 6.32. The van der Waals surface area contributed by atoms with Gasteiger partial charge in [-0.05, 0) is 19.8 Å². The summed E-state index contributed by atoms with van der Waals surface area (Å²) in [7, 11) is 0. The SMILES string of the molecule is CC=CCCCC(=O)C(=O)O. The normalized spacial score (nSPS) is 10.3. The zero-order valence-corrected chi connectivity index (χ0v) is 6.54. The van der Waals surface area contributed by atoms with Gasteiger partial charge in [0.15, 0.2) is 0 Å². The highest BCUT2D eigenvalue weighted by Crippen LogP contribution is 1.97. The number of ketones is 1. The summed E-state index contributed by atoms with van der Waals surface area (Å²) >= 11 is 0. The van der Waals surface area contributed by atoms with Crippen LogP contribution in [0.1, 0.15) is 26.2 Å². The van der Waals surface area contributed by atoms with Gasteiger partial charge in [-0.1, -0.05) is 12.2 Å². The number of hydrogen-bond donors (Lipinski definition) is 1. The molecule has 0 heterocycles. The van der Waals surface area contributed by atoms with Gasteiger partial charge in [0.05, 0.1) is 0 Å². The van der Waals surface area contributed by atoms with Gasteiger partial charge in [-0.15, -0.1) is 0 Å². The van der Waals surface area contributed by atoms with Gasteiger partial charge in [0.2, 0.25) is 5.78 Å². The topological polar surface area (TPSA) is 54.4 Å². The third kappa shape index (κ3) is 5.33. The highest BCUT2D eigenvalue weighted by atomic mass is 16.4. The summed E-state index contributed by atoms with van der Waals surface area (Å²) in [4.78, 5) is 20.5. The van der Waals surface area contributed by atoms with Crippen LogP contribution in [0.3, 0.4) is 0 Å². The van der Waals surface area contributed by atoms with Gasteiger partial charge in [0.1, 0.15) is 0 Å². The van der Waals surface area contributed by atoms with E-state index < -0.39 is 11.8 Å². The van der Waals surface area contributed by atoms with E-state index in [-0.39, 0.29) is 6.42 Å². The smallest absolute Gasteiger partial charge is 0.372 e. The lowest BCUT2D eigenvalue weighted by Crippen LogP contribution is -2.11. The molecule has 0 aromatic heterocycles. The van der Waals surface area contributed by atoms with Gasteiger partial charge < -0.3 is 5.11 Å². The molecule has 0 amide bonds. The first-order chi connectivity index (χ1) is 5.18. The van der Waals surface area contributed by atoms with Crippen molar-refractivity contribution in [2.75, 3.05) is 0 Å². The predicted molar refractivity (Wildman–Crippen MR) is 41.3 cm³/mol. The van der Waals surface area contributed by atoms with Crippen LogP contribution in [0.2, 0.25) is 0 Å². The molecule has 0 atom stereocenters. The van der Waals surface area contributed by atoms with Gasteiger partial charge in [0, 0.05) is 6.42 Å². The lowest BCUT2D eigenvalue weighted by Gasteiger charge is -1.91. The number of carbonyl (C=O) groups excluding carboxylic acids is 1. The van der Waals surface area contributed by atoms with Gasteiger partial charge in [-0.3, -0.25) is 4.79 Å². The molecule has 11 heavy (non-hydrogen) atoms. The molecule has 0 fully saturated rings. The molecule has 3 heteroatoms. The lowest BCUT2D eigenvalue weighted by molar-refractivity contribution is -0.149. The van der Waals surface area contributed by atoms with E-state index in [1.54, 1.807) is 0 Å². The van der Waals surface area contributed by atoms with Crippen molar-refractivity contribution in [2.45, 2.75) is 26.2 Å². The Morgan fingerprint density at radius 1 is 1.45 bits per heavy atom. The number of carboxylic acids is 1. The number of carboxylic acid groups (broad SMARTS) is 1. The van der Waals surface area contributed by atoms with Crippen molar-refractivity contribution < 1.29 is 14.7 Å². The van der Waals surface area contributed by atoms with Crippen LogP contribution >= 0.6 is 0 Å². The third-order valence-electron chi connectivity index (χ3n) is 1.25. The highest BCUT2D eigenvalue weighted by Gasteiger charge is 2.08. The molecule has 3 nitrogen and oxygen atoms in total. The predicted octanol–water partition coefficient (Wildman–Crippen LogP) is 1.39. The number of unbranched alkanes of at least 4 members (excludes halogenated alkanes) is 1. The molecule has 0 aliphatic carbocycles. The van der Waals surface area contributed by atoms with Crippen LogP contribution in [0.5, 0.6) is 0 Å². The van der Waals surface area contributed by atoms with Crippen molar-refractivity contribution >= 4 is 11.8 Å². The number of rotatable bonds is 5. The first-order valence-corrected chi connectivity index (χ1v) is 3.55. The Hall–Kier alpha value is -1.12. The summed E-state index contributed by atoms with van der Waals surface area (Å²) in [6, 6.07) is 0. The molecule has 0 radical (unpaired) electrons. The molecular weight excluding hydrogens is 144 g/mol. The Bertz CT molecular complexity index is 170. The maximum absolute atomic E-state index is 10.5. The van der Waals surface area contributed by atoms with Crippen LogP contribution in [0.4, 0.5) is 0 Å². The molecule has 0 aliphatic heterocycles. The largest absolute Gasteiger partial charge is 0.476 e. The van der Waals surface area contributed by atoms with Gasteiger partial charge in [-0.2, -0.15) is 0 Å². The van der Waals surface area contributed by atoms with E-state index in [4.69, 9.17) is 5.11 Å². The van der Waals surface area contributed by atoms with Crippen LogP contribution in [0.15, 0.2) is 12.2 Å². The van der Waals surface area contributed by atoms with E-state index in [1.165, 1.54) is 0 Å². The van der Waals surface area contributed by atoms with E-state index in [9.17, 15) is 9.59 Å². The molecule has 0 aliphatic rings. The fourth-order valence-corrected chi connectivity index (χ4v) is 0.654. The Kier molecular flexibility index (Phi) is 5.07. The number of aliphatic carboxylic acids is 1. The summed E-state index contributed by atoms with van der Waals surface area (Å²) in [6.45, 7) is 1.89. The monoisotopic (exact) mass is 156 g/mol. The Morgan fingerprint density at radius 2 is 2.09 bits per heavy atom. The van der Waals surface area contributed by atoms with Gasteiger partial charge >= 0.3 is 5.97 Å². The Labute approximate surface area is 65.7 Å². The zero-order valence-electron chi connectivity index (χ0n) is 6.54. The zero-order chi connectivity index (χ0) is 8.69. The van der Waals surface area contributed by atoms with Crippen LogP contribution in [0, 0.1) is 0 Å². The maximum Gasteiger partial charge on any atom is 0.372 e. The quantitative estimate of drug-likeness (QED) is 0.371. The van der Waals surface area contributed by atoms with Crippen molar-refractivity contribution in [2.24, 2.45) is 0 Å². The van der Waals surface area contributed by atoms with Crippen molar-refractivity contribution in [3.8, 4) is 0 Å². The summed E-state index contributed by atoms with van der Waals surface area (Å²) in [6.07, 6.45) is 5.32. The van der Waals surface area contributed by atoms with Gasteiger partial charge in [-0.25, -0.2) is 4.79 Å². The second kappa shape index (κ2) is 5.65. The summed E-state index contributed by atoms with van der Waals surface area (Å²) in [5, 5.41) is 8.17. The Morgan fingerprint density at radius 3 is 2.55 bits per heavy atom. The number of Topliss-reactive ketones (excluding diaryl/α,β-unsaturated/α-hetero) is 1. The molecular formula is C8H12O3. The fourth-order valence-electron chi connectivity index (χ4n) is 0.654. The van der Waals surface area contributed by atoms with Crippen molar-refractivity contribution in [1.29, 1.82) is 0 Å².